The second-order valence-corrected chi connectivity index (χ2v) is 22.5. The molecular formula is C129H45NO5S2. The first-order valence-electron chi connectivity index (χ1n) is 36.8. The molecule has 2 saturated carbocycles. The Labute approximate surface area is 800 Å². The maximum atomic E-state index is 11.6. The SMILES string of the molecule is C.C=C=C=C=C=C=C=C=C=C=C=C=C=C=C=C=C=C=C=C=C=C=C=C=C=C=C=C=C=C=C=C=C=C=C=C=C=C=C=C=C=C=C=C=C=C=C=C=C=C=C=C=C=C=C=C=C=C=C=C=C=C=C=C=C=C=C=C=C=C=C=C=C=C=C=C=C=C=C=C=C=C=C=C=C=C=C=C=C=C=C=C=C=C=C=C=C=C=C=C=C=C=C=C=C=C=C=C.COC(=O)C1(CSC)CCCCC1.COO.CSCC1(N=C=O)CCCCC1. The van der Waals surface area contributed by atoms with Gasteiger partial charge in [0.15, 0.2) is 0 Å². The summed E-state index contributed by atoms with van der Waals surface area (Å²) in [4.78, 5) is 29.1. The summed E-state index contributed by atoms with van der Waals surface area (Å²) in [5, 5.41) is 7.07. The lowest BCUT2D eigenvalue weighted by atomic mass is 9.75. The fraction of sp³-hybridized carbons (Fsp3) is 0.147. The molecule has 0 radical (unpaired) electrons. The Morgan fingerprint density at radius 2 is 0.350 bits per heavy atom. The molecule has 0 amide bonds. The summed E-state index contributed by atoms with van der Waals surface area (Å²) in [6.07, 6.45) is 17.4. The van der Waals surface area contributed by atoms with Crippen molar-refractivity contribution < 1.29 is 24.5 Å². The minimum atomic E-state index is -0.160. The Morgan fingerprint density at radius 1 is 0.234 bits per heavy atom. The second kappa shape index (κ2) is 104. The van der Waals surface area contributed by atoms with Gasteiger partial charge < -0.3 is 4.74 Å². The molecule has 0 heterocycles. The number of methoxy groups -OCH3 is 1. The molecular weight excluding hydrogens is 1710 g/mol. The van der Waals surface area contributed by atoms with Crippen LogP contribution in [0.2, 0.25) is 0 Å². The van der Waals surface area contributed by atoms with Crippen LogP contribution in [0.5, 0.6) is 0 Å². The van der Waals surface area contributed by atoms with E-state index in [2.05, 4.69) is 643 Å². The van der Waals surface area contributed by atoms with Gasteiger partial charge in [0, 0.05) is 516 Å². The average Bonchev–Trinajstić information content (AvgIpc) is 0.823. The number of thioether (sulfide) groups is 2. The third-order valence-corrected chi connectivity index (χ3v) is 13.6. The monoisotopic (exact) mass is 1750 g/mol. The normalized spacial score (nSPS) is 7.13. The first-order chi connectivity index (χ1) is 67.4. The van der Waals surface area contributed by atoms with Crippen molar-refractivity contribution in [3.8, 4) is 0 Å². The molecule has 0 aromatic heterocycles. The number of hydrogen-bond acceptors (Lipinski definition) is 8. The highest BCUT2D eigenvalue weighted by Gasteiger charge is 2.40. The van der Waals surface area contributed by atoms with Gasteiger partial charge in [0.1, 0.15) is 0 Å². The quantitative estimate of drug-likeness (QED) is 0.0708. The lowest BCUT2D eigenvalue weighted by molar-refractivity contribution is -0.214. The molecule has 0 unspecified atom stereocenters. The summed E-state index contributed by atoms with van der Waals surface area (Å²) >= 11 is 3.52. The van der Waals surface area contributed by atoms with Crippen molar-refractivity contribution in [1.82, 2.24) is 0 Å². The van der Waals surface area contributed by atoms with Gasteiger partial charge in [-0.1, -0.05) is 57.4 Å². The van der Waals surface area contributed by atoms with E-state index in [9.17, 15) is 9.59 Å². The highest BCUT2D eigenvalue weighted by atomic mass is 32.2. The highest BCUT2D eigenvalue weighted by Crippen LogP contribution is 2.39. The van der Waals surface area contributed by atoms with Gasteiger partial charge in [-0.2, -0.15) is 28.5 Å². The Hall–Kier alpha value is -24.1. The van der Waals surface area contributed by atoms with E-state index in [1.165, 1.54) is 52.7 Å². The van der Waals surface area contributed by atoms with Gasteiger partial charge in [0.05, 0.1) is 25.2 Å². The number of carbonyl (C=O) groups is 1. The molecule has 8 heteroatoms. The van der Waals surface area contributed by atoms with Crippen LogP contribution in [-0.2, 0) is 19.2 Å². The third-order valence-electron chi connectivity index (χ3n) is 11.9. The summed E-state index contributed by atoms with van der Waals surface area (Å²) in [6, 6.07) is 0. The topological polar surface area (TPSA) is 85.2 Å². The Bertz CT molecular complexity index is 9050. The van der Waals surface area contributed by atoms with Gasteiger partial charge in [-0.25, -0.2) is 9.68 Å². The zero-order chi connectivity index (χ0) is 98.3. The van der Waals surface area contributed by atoms with Crippen LogP contribution in [-0.4, -0.2) is 61.1 Å². The lowest BCUT2D eigenvalue weighted by Gasteiger charge is -2.33. The van der Waals surface area contributed by atoms with E-state index < -0.39 is 0 Å². The van der Waals surface area contributed by atoms with Crippen LogP contribution in [0.25, 0.3) is 0 Å². The predicted octanol–water partition coefficient (Wildman–Crippen LogP) is 22.8. The van der Waals surface area contributed by atoms with Crippen molar-refractivity contribution in [3.05, 3.63) is 621 Å². The largest absolute Gasteiger partial charge is 0.469 e. The van der Waals surface area contributed by atoms with Crippen LogP contribution in [0.4, 0.5) is 0 Å². The predicted molar refractivity (Wildman–Crippen MR) is 508 cm³/mol. The Balaban J connectivity index is -0.00000523. The van der Waals surface area contributed by atoms with Crippen molar-refractivity contribution in [2.75, 3.05) is 38.2 Å². The standard InChI is InChI=1S/C108H4.C10H18O2S.C9H15NOS.CH4O2.CH4/c1-3-5-7-9-11-13-15-17-19-21-23-25-27-29-31-33-35-37-39-41-43-45-47-49-51-53-55-57-59-61-63-65-67-69-71-73-75-77-79-81-83-85-87-89-91-93-95-97-99-101-103-105-107-108-106-104-102-100-98-96-94-92-90-88-86-84-82-80-78-76-74-72-70-68-66-64-62-60-58-56-54-52-50-48-46-44-42-40-38-36-34-32-30-28-26-24-22-20-18-16-14-12-10-8-6-4-2;1-12-9(11)10(8-13-2)6-4-3-5-7-10;1-12-7-9(10-8-11)5-3-2-4-6-9;1-3-2;/h1-2H2;3-8H2,1-2H3;2-7H2,1H3;2H,1H3;1H4. The smallest absolute Gasteiger partial charge is 0.312 e. The number of rotatable bonds is 6. The van der Waals surface area contributed by atoms with Crippen LogP contribution < -0.4 is 0 Å². The number of aliphatic imine (C=N–C) groups is 1. The number of esters is 1. The van der Waals surface area contributed by atoms with Gasteiger partial charge in [-0.05, 0) is 143 Å². The molecule has 2 aliphatic rings. The maximum absolute atomic E-state index is 11.6. The molecule has 0 aromatic carbocycles. The van der Waals surface area contributed by atoms with Gasteiger partial charge in [0.25, 0.3) is 0 Å². The number of hydrogen-bond donors (Lipinski definition) is 1. The highest BCUT2D eigenvalue weighted by molar-refractivity contribution is 7.98. The molecule has 2 fully saturated rings. The zero-order valence-electron chi connectivity index (χ0n) is 72.2. The molecule has 6 nitrogen and oxygen atoms in total. The van der Waals surface area contributed by atoms with Crippen LogP contribution in [0.3, 0.4) is 0 Å². The Morgan fingerprint density at radius 3 is 0.453 bits per heavy atom. The summed E-state index contributed by atoms with van der Waals surface area (Å²) in [5.41, 5.74) is 264. The van der Waals surface area contributed by atoms with E-state index in [4.69, 9.17) is 9.99 Å². The molecule has 0 spiro atoms. The molecule has 0 saturated heterocycles. The van der Waals surface area contributed by atoms with E-state index in [0.717, 1.165) is 37.2 Å². The van der Waals surface area contributed by atoms with Crippen LogP contribution in [0.15, 0.2) is 626 Å². The molecule has 0 atom stereocenters. The number of carbonyl (C=O) groups excluding carboxylic acids is 2. The van der Waals surface area contributed by atoms with E-state index in [1.807, 2.05) is 0 Å². The fourth-order valence-electron chi connectivity index (χ4n) is 7.27. The van der Waals surface area contributed by atoms with Gasteiger partial charge in [-0.3, -0.25) is 10.1 Å². The molecule has 137 heavy (non-hydrogen) atoms. The van der Waals surface area contributed by atoms with E-state index in [-0.39, 0.29) is 24.3 Å². The van der Waals surface area contributed by atoms with Crippen molar-refractivity contribution in [2.24, 2.45) is 10.4 Å². The van der Waals surface area contributed by atoms with Crippen LogP contribution in [0.1, 0.15) is 71.6 Å². The van der Waals surface area contributed by atoms with Crippen molar-refractivity contribution in [2.45, 2.75) is 77.2 Å². The summed E-state index contributed by atoms with van der Waals surface area (Å²) in [7, 11) is 2.68. The van der Waals surface area contributed by atoms with E-state index >= 15 is 0 Å². The molecule has 0 bridgehead atoms. The van der Waals surface area contributed by atoms with Crippen LogP contribution in [0, 0.1) is 5.41 Å². The molecule has 0 aromatic rings. The summed E-state index contributed by atoms with van der Waals surface area (Å²) < 4.78 is 4.89. The molecule has 1 N–H and O–H groups in total. The fourth-order valence-corrected chi connectivity index (χ4v) is 9.12. The minimum Gasteiger partial charge on any atom is -0.469 e. The number of ether oxygens (including phenoxy) is 1. The van der Waals surface area contributed by atoms with Gasteiger partial charge in [-0.15, -0.1) is 0 Å². The first-order valence-corrected chi connectivity index (χ1v) is 39.6. The van der Waals surface area contributed by atoms with E-state index in [1.54, 1.807) is 29.6 Å². The Kier molecular flexibility index (Phi) is 89.0. The molecule has 608 valence electrons. The van der Waals surface area contributed by atoms with Gasteiger partial charge >= 0.3 is 5.97 Å². The summed E-state index contributed by atoms with van der Waals surface area (Å²) in [6.45, 7) is 6.64. The zero-order valence-corrected chi connectivity index (χ0v) is 73.9. The van der Waals surface area contributed by atoms with E-state index in [0.29, 0.717) is 0 Å². The van der Waals surface area contributed by atoms with Crippen molar-refractivity contribution in [3.63, 3.8) is 0 Å². The number of nitrogens with zero attached hydrogens (tertiary/aromatic N) is 1. The number of isocyanates is 1. The molecule has 2 rings (SSSR count). The minimum absolute atomic E-state index is 0. The third kappa shape index (κ3) is 92.5. The molecule has 0 aliphatic heterocycles. The van der Waals surface area contributed by atoms with Crippen LogP contribution >= 0.6 is 23.5 Å². The lowest BCUT2D eigenvalue weighted by Crippen LogP contribution is -2.36. The second-order valence-electron chi connectivity index (χ2n) is 20.7. The van der Waals surface area contributed by atoms with Crippen molar-refractivity contribution in [1.29, 1.82) is 0 Å². The first kappa shape index (κ1) is 117. The average molecular weight is 1750 g/mol. The maximum Gasteiger partial charge on any atom is 0.312 e. The summed E-state index contributed by atoms with van der Waals surface area (Å²) in [5.74, 6) is 1.89. The molecule has 2 aliphatic carbocycles. The van der Waals surface area contributed by atoms with Crippen molar-refractivity contribution >= 4 is 35.6 Å². The van der Waals surface area contributed by atoms with Gasteiger partial charge in [0.2, 0.25) is 6.08 Å².